The van der Waals surface area contributed by atoms with Crippen molar-refractivity contribution in [2.24, 2.45) is 5.92 Å². The van der Waals surface area contributed by atoms with Crippen LogP contribution in [0.25, 0.3) is 0 Å². The molecule has 94 valence electrons. The zero-order valence-corrected chi connectivity index (χ0v) is 12.4. The summed E-state index contributed by atoms with van der Waals surface area (Å²) in [5, 5.41) is 3.54. The smallest absolute Gasteiger partial charge is 0.0477 e. The van der Waals surface area contributed by atoms with Crippen molar-refractivity contribution in [3.8, 4) is 0 Å². The molecule has 3 nitrogen and oxygen atoms in total. The number of hydrogen-bond acceptors (Lipinski definition) is 3. The molecule has 1 aliphatic heterocycles. The van der Waals surface area contributed by atoms with E-state index in [1.165, 1.54) is 35.2 Å². The summed E-state index contributed by atoms with van der Waals surface area (Å²) in [5.74, 6) is 0.805. The molecule has 0 aromatic heterocycles. The number of benzene rings is 1. The molecule has 1 saturated heterocycles. The molecule has 1 aliphatic rings. The lowest BCUT2D eigenvalue weighted by molar-refractivity contribution is 0.226. The third-order valence-electron chi connectivity index (χ3n) is 3.41. The van der Waals surface area contributed by atoms with Crippen molar-refractivity contribution in [1.82, 2.24) is 4.90 Å². The van der Waals surface area contributed by atoms with Gasteiger partial charge in [-0.3, -0.25) is 0 Å². The molecule has 0 saturated carbocycles. The average molecular weight is 345 g/mol. The SMILES string of the molecule is CN1CCC(CNc2ccc(N)cc2I)CC1. The average Bonchev–Trinajstić information content (AvgIpc) is 2.30. The molecule has 0 spiro atoms. The van der Waals surface area contributed by atoms with Gasteiger partial charge in [0.25, 0.3) is 0 Å². The van der Waals surface area contributed by atoms with Crippen LogP contribution < -0.4 is 11.1 Å². The zero-order chi connectivity index (χ0) is 12.3. The molecule has 17 heavy (non-hydrogen) atoms. The fraction of sp³-hybridized carbons (Fsp3) is 0.538. The van der Waals surface area contributed by atoms with E-state index in [1.54, 1.807) is 0 Å². The fourth-order valence-electron chi connectivity index (χ4n) is 2.20. The highest BCUT2D eigenvalue weighted by Crippen LogP contribution is 2.22. The van der Waals surface area contributed by atoms with E-state index in [0.717, 1.165) is 18.2 Å². The summed E-state index contributed by atoms with van der Waals surface area (Å²) in [5.41, 5.74) is 7.78. The van der Waals surface area contributed by atoms with Gasteiger partial charge < -0.3 is 16.0 Å². The minimum Gasteiger partial charge on any atom is -0.399 e. The minimum absolute atomic E-state index is 0.805. The summed E-state index contributed by atoms with van der Waals surface area (Å²) in [4.78, 5) is 2.41. The Morgan fingerprint density at radius 1 is 1.41 bits per heavy atom. The highest BCUT2D eigenvalue weighted by molar-refractivity contribution is 14.1. The summed E-state index contributed by atoms with van der Waals surface area (Å²) in [7, 11) is 2.20. The molecule has 0 aliphatic carbocycles. The molecule has 0 unspecified atom stereocenters. The largest absolute Gasteiger partial charge is 0.399 e. The topological polar surface area (TPSA) is 41.3 Å². The Kier molecular flexibility index (Phi) is 4.50. The first-order valence-corrected chi connectivity index (χ1v) is 7.20. The Bertz CT molecular complexity index is 373. The predicted octanol–water partition coefficient (Wildman–Crippen LogP) is 2.63. The van der Waals surface area contributed by atoms with Crippen LogP contribution in [-0.2, 0) is 0 Å². The summed E-state index contributed by atoms with van der Waals surface area (Å²) in [6.07, 6.45) is 2.60. The van der Waals surface area contributed by atoms with Crippen molar-refractivity contribution < 1.29 is 0 Å². The third kappa shape index (κ3) is 3.74. The summed E-state index contributed by atoms with van der Waals surface area (Å²) in [6, 6.07) is 6.04. The molecule has 3 N–H and O–H groups in total. The second kappa shape index (κ2) is 5.91. The van der Waals surface area contributed by atoms with Crippen molar-refractivity contribution in [2.45, 2.75) is 12.8 Å². The lowest BCUT2D eigenvalue weighted by Crippen LogP contribution is -2.33. The van der Waals surface area contributed by atoms with E-state index >= 15 is 0 Å². The van der Waals surface area contributed by atoms with Gasteiger partial charge in [0, 0.05) is 21.5 Å². The first kappa shape index (κ1) is 13.0. The van der Waals surface area contributed by atoms with Crippen molar-refractivity contribution in [1.29, 1.82) is 0 Å². The van der Waals surface area contributed by atoms with Crippen molar-refractivity contribution in [3.05, 3.63) is 21.8 Å². The standard InChI is InChI=1S/C13H20IN3/c1-17-6-4-10(5-7-17)9-16-13-3-2-11(15)8-12(13)14/h2-3,8,10,16H,4-7,9,15H2,1H3. The number of piperidine rings is 1. The van der Waals surface area contributed by atoms with E-state index in [2.05, 4.69) is 45.9 Å². The highest BCUT2D eigenvalue weighted by Gasteiger charge is 2.16. The zero-order valence-electron chi connectivity index (χ0n) is 10.2. The molecule has 1 heterocycles. The van der Waals surface area contributed by atoms with Crippen LogP contribution in [0.15, 0.2) is 18.2 Å². The van der Waals surface area contributed by atoms with Crippen LogP contribution in [0.1, 0.15) is 12.8 Å². The number of nitrogens with zero attached hydrogens (tertiary/aromatic N) is 1. The summed E-state index contributed by atoms with van der Waals surface area (Å²) >= 11 is 2.33. The Morgan fingerprint density at radius 2 is 2.12 bits per heavy atom. The van der Waals surface area contributed by atoms with Gasteiger partial charge in [-0.05, 0) is 79.7 Å². The van der Waals surface area contributed by atoms with E-state index in [9.17, 15) is 0 Å². The summed E-state index contributed by atoms with van der Waals surface area (Å²) < 4.78 is 1.20. The Hall–Kier alpha value is -0.490. The molecule has 0 radical (unpaired) electrons. The van der Waals surface area contributed by atoms with Gasteiger partial charge in [0.1, 0.15) is 0 Å². The molecule has 2 rings (SSSR count). The first-order valence-electron chi connectivity index (χ1n) is 6.12. The molecular formula is C13H20IN3. The van der Waals surface area contributed by atoms with E-state index in [1.807, 2.05) is 12.1 Å². The van der Waals surface area contributed by atoms with Gasteiger partial charge in [-0.2, -0.15) is 0 Å². The van der Waals surface area contributed by atoms with Crippen molar-refractivity contribution >= 4 is 34.0 Å². The van der Waals surface area contributed by atoms with Crippen LogP contribution in [0.4, 0.5) is 11.4 Å². The Balaban J connectivity index is 1.85. The molecule has 0 bridgehead atoms. The van der Waals surface area contributed by atoms with Crippen LogP contribution in [0, 0.1) is 9.49 Å². The van der Waals surface area contributed by atoms with Gasteiger partial charge >= 0.3 is 0 Å². The number of halogens is 1. The van der Waals surface area contributed by atoms with Gasteiger partial charge in [-0.15, -0.1) is 0 Å². The van der Waals surface area contributed by atoms with E-state index in [4.69, 9.17) is 5.73 Å². The highest BCUT2D eigenvalue weighted by atomic mass is 127. The van der Waals surface area contributed by atoms with Crippen LogP contribution in [0.3, 0.4) is 0 Å². The molecule has 1 aromatic rings. The van der Waals surface area contributed by atoms with Gasteiger partial charge in [-0.1, -0.05) is 0 Å². The minimum atomic E-state index is 0.805. The van der Waals surface area contributed by atoms with Crippen LogP contribution in [-0.4, -0.2) is 31.6 Å². The van der Waals surface area contributed by atoms with Crippen molar-refractivity contribution in [3.63, 3.8) is 0 Å². The predicted molar refractivity (Wildman–Crippen MR) is 82.3 cm³/mol. The molecule has 1 aromatic carbocycles. The Morgan fingerprint density at radius 3 is 2.76 bits per heavy atom. The summed E-state index contributed by atoms with van der Waals surface area (Å²) in [6.45, 7) is 3.53. The maximum absolute atomic E-state index is 5.74. The molecule has 0 atom stereocenters. The second-order valence-corrected chi connectivity index (χ2v) is 6.03. The number of hydrogen-bond donors (Lipinski definition) is 2. The lowest BCUT2D eigenvalue weighted by Gasteiger charge is -2.29. The van der Waals surface area contributed by atoms with Gasteiger partial charge in [-0.25, -0.2) is 0 Å². The number of nitrogens with two attached hydrogens (primary N) is 1. The number of nitrogen functional groups attached to an aromatic ring is 1. The molecule has 1 fully saturated rings. The van der Waals surface area contributed by atoms with Gasteiger partial charge in [0.2, 0.25) is 0 Å². The Labute approximate surface area is 117 Å². The number of likely N-dealkylation sites (tertiary alicyclic amines) is 1. The quantitative estimate of drug-likeness (QED) is 0.654. The van der Waals surface area contributed by atoms with Crippen LogP contribution in [0.5, 0.6) is 0 Å². The number of rotatable bonds is 3. The van der Waals surface area contributed by atoms with Gasteiger partial charge in [0.05, 0.1) is 0 Å². The van der Waals surface area contributed by atoms with E-state index < -0.39 is 0 Å². The van der Waals surface area contributed by atoms with E-state index in [0.29, 0.717) is 0 Å². The van der Waals surface area contributed by atoms with Crippen LogP contribution >= 0.6 is 22.6 Å². The normalized spacial score (nSPS) is 18.2. The van der Waals surface area contributed by atoms with Crippen LogP contribution in [0.2, 0.25) is 0 Å². The maximum atomic E-state index is 5.74. The molecular weight excluding hydrogens is 325 g/mol. The number of anilines is 2. The molecule has 4 heteroatoms. The third-order valence-corrected chi connectivity index (χ3v) is 4.30. The second-order valence-electron chi connectivity index (χ2n) is 4.87. The molecule has 0 amide bonds. The maximum Gasteiger partial charge on any atom is 0.0477 e. The fourth-order valence-corrected chi connectivity index (χ4v) is 2.93. The monoisotopic (exact) mass is 345 g/mol. The van der Waals surface area contributed by atoms with E-state index in [-0.39, 0.29) is 0 Å². The first-order chi connectivity index (χ1) is 8.15. The van der Waals surface area contributed by atoms with Gasteiger partial charge in [0.15, 0.2) is 0 Å². The van der Waals surface area contributed by atoms with Crippen molar-refractivity contribution in [2.75, 3.05) is 37.7 Å². The number of nitrogens with one attached hydrogen (secondary N) is 1. The lowest BCUT2D eigenvalue weighted by atomic mass is 9.97.